The van der Waals surface area contributed by atoms with Crippen LogP contribution in [0.2, 0.25) is 5.02 Å². The highest BCUT2D eigenvalue weighted by atomic mass is 35.7. The van der Waals surface area contributed by atoms with Gasteiger partial charge in [-0.15, -0.1) is 0 Å². The second-order valence-corrected chi connectivity index (χ2v) is 7.13. The molecule has 0 saturated carbocycles. The predicted molar refractivity (Wildman–Crippen MR) is 67.0 cm³/mol. The second-order valence-electron chi connectivity index (χ2n) is 3.78. The molecule has 1 aromatic rings. The van der Waals surface area contributed by atoms with Crippen molar-refractivity contribution in [1.82, 2.24) is 0 Å². The van der Waals surface area contributed by atoms with Crippen molar-refractivity contribution < 1.29 is 13.2 Å². The fraction of sp³-hybridized carbons (Fsp3) is 0.300. The van der Waals surface area contributed by atoms with Crippen molar-refractivity contribution in [2.75, 3.05) is 11.4 Å². The van der Waals surface area contributed by atoms with Gasteiger partial charge in [0.1, 0.15) is 5.25 Å². The van der Waals surface area contributed by atoms with Crippen LogP contribution in [0.25, 0.3) is 0 Å². The Morgan fingerprint density at radius 2 is 1.82 bits per heavy atom. The van der Waals surface area contributed by atoms with Crippen LogP contribution in [-0.2, 0) is 13.8 Å². The Kier molecular flexibility index (Phi) is 3.34. The Balaban J connectivity index is 2.24. The molecule has 17 heavy (non-hydrogen) atoms. The second kappa shape index (κ2) is 4.48. The van der Waals surface area contributed by atoms with Gasteiger partial charge in [0, 0.05) is 34.4 Å². The van der Waals surface area contributed by atoms with Gasteiger partial charge in [0.05, 0.1) is 0 Å². The molecule has 0 bridgehead atoms. The van der Waals surface area contributed by atoms with E-state index in [1.54, 1.807) is 24.3 Å². The van der Waals surface area contributed by atoms with Crippen molar-refractivity contribution in [2.24, 2.45) is 0 Å². The van der Waals surface area contributed by atoms with E-state index in [1.165, 1.54) is 4.90 Å². The summed E-state index contributed by atoms with van der Waals surface area (Å²) in [6.07, 6.45) is -0.0749. The average Bonchev–Trinajstić information content (AvgIpc) is 2.61. The average molecular weight is 294 g/mol. The molecule has 0 radical (unpaired) electrons. The van der Waals surface area contributed by atoms with Gasteiger partial charge in [0.2, 0.25) is 15.0 Å². The normalized spacial score (nSPS) is 20.9. The number of carbonyl (C=O) groups excluding carboxylic acids is 1. The third-order valence-corrected chi connectivity index (χ3v) is 4.75. The molecule has 1 saturated heterocycles. The molecule has 0 aliphatic carbocycles. The summed E-state index contributed by atoms with van der Waals surface area (Å²) >= 11 is 5.74. The minimum absolute atomic E-state index is 0.0749. The van der Waals surface area contributed by atoms with Gasteiger partial charge in [-0.2, -0.15) is 0 Å². The summed E-state index contributed by atoms with van der Waals surface area (Å²) in [7, 11) is 1.55. The van der Waals surface area contributed by atoms with E-state index in [1.807, 2.05) is 0 Å². The molecule has 0 aromatic heterocycles. The van der Waals surface area contributed by atoms with E-state index < -0.39 is 14.3 Å². The lowest BCUT2D eigenvalue weighted by Crippen LogP contribution is -2.26. The predicted octanol–water partition coefficient (Wildman–Crippen LogP) is 2.01. The molecule has 4 nitrogen and oxygen atoms in total. The molecule has 1 aromatic carbocycles. The van der Waals surface area contributed by atoms with Crippen molar-refractivity contribution in [2.45, 2.75) is 11.7 Å². The first-order chi connectivity index (χ1) is 7.88. The molecule has 1 heterocycles. The summed E-state index contributed by atoms with van der Waals surface area (Å²) in [6.45, 7) is 0.0896. The summed E-state index contributed by atoms with van der Waals surface area (Å²) in [5.41, 5.74) is 0.627. The molecular weight excluding hydrogens is 285 g/mol. The standard InChI is InChI=1S/C10H9Cl2NO3S/c11-7-1-3-8(4-2-7)13-6-9(5-10(13)14)17(12,15)16/h1-4,9H,5-6H2. The minimum Gasteiger partial charge on any atom is -0.311 e. The van der Waals surface area contributed by atoms with Gasteiger partial charge >= 0.3 is 0 Å². The maximum Gasteiger partial charge on any atom is 0.237 e. The zero-order valence-corrected chi connectivity index (χ0v) is 11.0. The van der Waals surface area contributed by atoms with Gasteiger partial charge < -0.3 is 4.90 Å². The molecule has 1 aliphatic heterocycles. The Bertz CT molecular complexity index is 541. The lowest BCUT2D eigenvalue weighted by molar-refractivity contribution is -0.117. The van der Waals surface area contributed by atoms with Crippen molar-refractivity contribution >= 4 is 42.9 Å². The van der Waals surface area contributed by atoms with Crippen molar-refractivity contribution in [1.29, 1.82) is 0 Å². The number of hydrogen-bond donors (Lipinski definition) is 0. The van der Waals surface area contributed by atoms with Gasteiger partial charge in [-0.25, -0.2) is 8.42 Å². The van der Waals surface area contributed by atoms with Gasteiger partial charge in [-0.1, -0.05) is 11.6 Å². The van der Waals surface area contributed by atoms with E-state index in [-0.39, 0.29) is 18.9 Å². The third-order valence-electron chi connectivity index (χ3n) is 2.63. The highest BCUT2D eigenvalue weighted by molar-refractivity contribution is 8.14. The largest absolute Gasteiger partial charge is 0.311 e. The SMILES string of the molecule is O=C1CC(S(=O)(=O)Cl)CN1c1ccc(Cl)cc1. The van der Waals surface area contributed by atoms with Crippen molar-refractivity contribution in [3.05, 3.63) is 29.3 Å². The van der Waals surface area contributed by atoms with Gasteiger partial charge in [0.15, 0.2) is 0 Å². The first kappa shape index (κ1) is 12.7. The van der Waals surface area contributed by atoms with Crippen LogP contribution in [0.15, 0.2) is 24.3 Å². The summed E-state index contributed by atoms with van der Waals surface area (Å²) in [5, 5.41) is -0.283. The van der Waals surface area contributed by atoms with Gasteiger partial charge in [-0.05, 0) is 24.3 Å². The number of benzene rings is 1. The highest BCUT2D eigenvalue weighted by Crippen LogP contribution is 2.27. The topological polar surface area (TPSA) is 54.5 Å². The van der Waals surface area contributed by atoms with Gasteiger partial charge in [0.25, 0.3) is 0 Å². The van der Waals surface area contributed by atoms with E-state index in [0.29, 0.717) is 10.7 Å². The van der Waals surface area contributed by atoms with Crippen molar-refractivity contribution in [3.8, 4) is 0 Å². The summed E-state index contributed by atoms with van der Waals surface area (Å²) in [4.78, 5) is 13.1. The number of rotatable bonds is 2. The van der Waals surface area contributed by atoms with Crippen LogP contribution in [0.1, 0.15) is 6.42 Å². The first-order valence-electron chi connectivity index (χ1n) is 4.87. The number of carbonyl (C=O) groups is 1. The minimum atomic E-state index is -3.70. The molecule has 0 N–H and O–H groups in total. The third kappa shape index (κ3) is 2.73. The number of amides is 1. The van der Waals surface area contributed by atoms with Crippen molar-refractivity contribution in [3.63, 3.8) is 0 Å². The van der Waals surface area contributed by atoms with E-state index in [0.717, 1.165) is 0 Å². The molecule has 1 aliphatic rings. The van der Waals surface area contributed by atoms with Crippen LogP contribution in [0, 0.1) is 0 Å². The van der Waals surface area contributed by atoms with E-state index in [4.69, 9.17) is 22.3 Å². The van der Waals surface area contributed by atoms with E-state index in [9.17, 15) is 13.2 Å². The summed E-state index contributed by atoms with van der Waals surface area (Å²) in [5.74, 6) is -0.249. The van der Waals surface area contributed by atoms with Crippen LogP contribution >= 0.6 is 22.3 Å². The summed E-state index contributed by atoms with van der Waals surface area (Å²) in [6, 6.07) is 6.63. The maximum absolute atomic E-state index is 11.7. The monoisotopic (exact) mass is 293 g/mol. The molecular formula is C10H9Cl2NO3S. The first-order valence-corrected chi connectivity index (χ1v) is 7.62. The quantitative estimate of drug-likeness (QED) is 0.784. The Morgan fingerprint density at radius 3 is 2.29 bits per heavy atom. The van der Waals surface area contributed by atoms with Crippen LogP contribution < -0.4 is 4.90 Å². The Hall–Kier alpha value is -0.780. The number of nitrogens with zero attached hydrogens (tertiary/aromatic N) is 1. The smallest absolute Gasteiger partial charge is 0.237 e. The zero-order valence-electron chi connectivity index (χ0n) is 8.64. The lowest BCUT2D eigenvalue weighted by atomic mass is 10.3. The summed E-state index contributed by atoms with van der Waals surface area (Å²) < 4.78 is 22.4. The molecule has 0 spiro atoms. The fourth-order valence-electron chi connectivity index (χ4n) is 1.73. The van der Waals surface area contributed by atoms with E-state index >= 15 is 0 Å². The molecule has 2 rings (SSSR count). The van der Waals surface area contributed by atoms with Crippen LogP contribution in [0.4, 0.5) is 5.69 Å². The Labute approximate surface area is 109 Å². The van der Waals surface area contributed by atoms with Crippen LogP contribution in [-0.4, -0.2) is 26.1 Å². The highest BCUT2D eigenvalue weighted by Gasteiger charge is 2.37. The fourth-order valence-corrected chi connectivity index (χ4v) is 2.89. The number of halogens is 2. The van der Waals surface area contributed by atoms with Gasteiger partial charge in [-0.3, -0.25) is 4.79 Å². The van der Waals surface area contributed by atoms with Crippen LogP contribution in [0.5, 0.6) is 0 Å². The maximum atomic E-state index is 11.7. The zero-order chi connectivity index (χ0) is 12.6. The molecule has 7 heteroatoms. The molecule has 1 unspecified atom stereocenters. The molecule has 1 fully saturated rings. The number of anilines is 1. The lowest BCUT2D eigenvalue weighted by Gasteiger charge is -2.15. The molecule has 1 amide bonds. The molecule has 92 valence electrons. The number of hydrogen-bond acceptors (Lipinski definition) is 3. The molecule has 1 atom stereocenters. The Morgan fingerprint density at radius 1 is 1.24 bits per heavy atom. The van der Waals surface area contributed by atoms with E-state index in [2.05, 4.69) is 0 Å². The van der Waals surface area contributed by atoms with Crippen LogP contribution in [0.3, 0.4) is 0 Å².